The van der Waals surface area contributed by atoms with E-state index in [4.69, 9.17) is 4.74 Å². The summed E-state index contributed by atoms with van der Waals surface area (Å²) in [5.41, 5.74) is 0.0598. The van der Waals surface area contributed by atoms with Crippen LogP contribution in [-0.2, 0) is 4.57 Å². The zero-order chi connectivity index (χ0) is 25.2. The molecule has 0 aromatic heterocycles. The Morgan fingerprint density at radius 1 is 0.722 bits per heavy atom. The fourth-order valence-corrected chi connectivity index (χ4v) is 7.92. The van der Waals surface area contributed by atoms with Gasteiger partial charge in [-0.2, -0.15) is 0 Å². The van der Waals surface area contributed by atoms with Gasteiger partial charge in [0.2, 0.25) is 0 Å². The molecule has 0 heterocycles. The summed E-state index contributed by atoms with van der Waals surface area (Å²) in [6.07, 6.45) is 0.876. The van der Waals surface area contributed by atoms with Gasteiger partial charge in [0.1, 0.15) is 5.75 Å². The van der Waals surface area contributed by atoms with Crippen molar-refractivity contribution in [3.8, 4) is 5.75 Å². The average molecular weight is 495 g/mol. The Bertz CT molecular complexity index is 1440. The maximum absolute atomic E-state index is 15.5. The van der Waals surface area contributed by atoms with E-state index in [1.807, 2.05) is 78.9 Å². The van der Waals surface area contributed by atoms with E-state index in [-0.39, 0.29) is 5.78 Å². The highest BCUT2D eigenvalue weighted by molar-refractivity contribution is 7.82. The number of allylic oxidation sites excluding steroid dienone is 1. The molecule has 1 N–H and O–H groups in total. The highest BCUT2D eigenvalue weighted by Crippen LogP contribution is 2.64. The third-order valence-electron chi connectivity index (χ3n) is 6.60. The van der Waals surface area contributed by atoms with E-state index in [1.54, 1.807) is 43.5 Å². The number of benzene rings is 4. The lowest BCUT2D eigenvalue weighted by atomic mass is 9.94. The highest BCUT2D eigenvalue weighted by atomic mass is 31.2. The van der Waals surface area contributed by atoms with Gasteiger partial charge in [-0.05, 0) is 42.7 Å². The normalized spacial score (nSPS) is 16.4. The molecular weight excluding hydrogens is 467 g/mol. The third-order valence-corrected chi connectivity index (χ3v) is 9.92. The molecule has 1 saturated carbocycles. The van der Waals surface area contributed by atoms with E-state index in [0.29, 0.717) is 51.2 Å². The molecule has 1 aliphatic rings. The number of aliphatic hydroxyl groups is 1. The average Bonchev–Trinajstić information content (AvgIpc) is 3.70. The van der Waals surface area contributed by atoms with Crippen LogP contribution in [0.1, 0.15) is 28.8 Å². The molecule has 0 saturated heterocycles. The predicted octanol–water partition coefficient (Wildman–Crippen LogP) is 5.83. The molecule has 0 aliphatic heterocycles. The number of rotatable bonds is 8. The van der Waals surface area contributed by atoms with E-state index in [1.165, 1.54) is 0 Å². The van der Waals surface area contributed by atoms with Crippen LogP contribution in [0.3, 0.4) is 0 Å². The van der Waals surface area contributed by atoms with Crippen LogP contribution in [-0.4, -0.2) is 23.6 Å². The molecule has 0 amide bonds. The number of ether oxygens (including phenoxy) is 1. The molecule has 0 bridgehead atoms. The SMILES string of the molecule is COc1ccc(P(=O)(/C(=C(/C(=O)c2ccccc2)c2ccccc2)C2(O)CC2)c2ccccc2)cc1. The Morgan fingerprint density at radius 3 is 1.69 bits per heavy atom. The molecule has 1 unspecified atom stereocenters. The van der Waals surface area contributed by atoms with Crippen LogP contribution in [0.25, 0.3) is 5.57 Å². The summed E-state index contributed by atoms with van der Waals surface area (Å²) in [5.74, 6) is 0.375. The number of carbonyl (C=O) groups is 1. The minimum atomic E-state index is -3.67. The Hall–Kier alpha value is -3.72. The highest BCUT2D eigenvalue weighted by Gasteiger charge is 2.54. The molecule has 5 heteroatoms. The van der Waals surface area contributed by atoms with Crippen molar-refractivity contribution in [3.63, 3.8) is 0 Å². The van der Waals surface area contributed by atoms with Gasteiger partial charge in [0.15, 0.2) is 12.9 Å². The van der Waals surface area contributed by atoms with Gasteiger partial charge in [0, 0.05) is 27.1 Å². The van der Waals surface area contributed by atoms with Crippen molar-refractivity contribution < 1.29 is 19.2 Å². The Balaban J connectivity index is 1.89. The summed E-state index contributed by atoms with van der Waals surface area (Å²) in [5, 5.41) is 13.2. The summed E-state index contributed by atoms with van der Waals surface area (Å²) in [7, 11) is -2.09. The molecule has 4 nitrogen and oxygen atoms in total. The smallest absolute Gasteiger partial charge is 0.194 e. The number of carbonyl (C=O) groups excluding carboxylic acids is 1. The number of hydrogen-bond donors (Lipinski definition) is 1. The van der Waals surface area contributed by atoms with Gasteiger partial charge < -0.3 is 14.4 Å². The summed E-state index contributed by atoms with van der Waals surface area (Å²) in [6.45, 7) is 0. The summed E-state index contributed by atoms with van der Waals surface area (Å²) in [6, 6.07) is 34.5. The van der Waals surface area contributed by atoms with Crippen LogP contribution < -0.4 is 15.3 Å². The summed E-state index contributed by atoms with van der Waals surface area (Å²) < 4.78 is 20.9. The lowest BCUT2D eigenvalue weighted by Crippen LogP contribution is -2.27. The number of hydrogen-bond acceptors (Lipinski definition) is 4. The molecule has 180 valence electrons. The second-order valence-electron chi connectivity index (χ2n) is 8.96. The van der Waals surface area contributed by atoms with Crippen molar-refractivity contribution in [2.24, 2.45) is 0 Å². The van der Waals surface area contributed by atoms with E-state index in [0.717, 1.165) is 0 Å². The maximum atomic E-state index is 15.5. The molecular formula is C31H27O4P. The van der Waals surface area contributed by atoms with Crippen molar-refractivity contribution in [1.29, 1.82) is 0 Å². The van der Waals surface area contributed by atoms with Crippen LogP contribution >= 0.6 is 7.14 Å². The van der Waals surface area contributed by atoms with Crippen molar-refractivity contribution in [3.05, 3.63) is 132 Å². The third kappa shape index (κ3) is 4.35. The van der Waals surface area contributed by atoms with Crippen LogP contribution in [0, 0.1) is 0 Å². The Kier molecular flexibility index (Phi) is 6.49. The molecule has 1 aliphatic carbocycles. The molecule has 0 spiro atoms. The van der Waals surface area contributed by atoms with Crippen molar-refractivity contribution in [1.82, 2.24) is 0 Å². The fraction of sp³-hybridized carbons (Fsp3) is 0.129. The van der Waals surface area contributed by atoms with Crippen molar-refractivity contribution in [2.45, 2.75) is 18.4 Å². The molecule has 1 fully saturated rings. The molecule has 5 rings (SSSR count). The standard InChI is InChI=1S/C31H27O4P/c1-35-25-17-19-27(20-18-25)36(34,26-15-9-4-10-16-26)30(31(33)21-22-31)28(23-11-5-2-6-12-23)29(32)24-13-7-3-8-14-24/h2-20,33H,21-22H2,1H3/b30-28+. The lowest BCUT2D eigenvalue weighted by molar-refractivity contribution is 0.105. The molecule has 1 atom stereocenters. The Labute approximate surface area is 211 Å². The van der Waals surface area contributed by atoms with Gasteiger partial charge in [-0.3, -0.25) is 4.79 Å². The number of methoxy groups -OCH3 is 1. The van der Waals surface area contributed by atoms with Crippen LogP contribution in [0.4, 0.5) is 0 Å². The summed E-state index contributed by atoms with van der Waals surface area (Å²) in [4.78, 5) is 14.2. The van der Waals surface area contributed by atoms with Gasteiger partial charge in [-0.25, -0.2) is 0 Å². The number of ketones is 1. The monoisotopic (exact) mass is 494 g/mol. The van der Waals surface area contributed by atoms with E-state index in [2.05, 4.69) is 0 Å². The van der Waals surface area contributed by atoms with Gasteiger partial charge in [0.05, 0.1) is 12.7 Å². The zero-order valence-electron chi connectivity index (χ0n) is 20.0. The van der Waals surface area contributed by atoms with Gasteiger partial charge >= 0.3 is 0 Å². The quantitative estimate of drug-likeness (QED) is 0.190. The lowest BCUT2D eigenvalue weighted by Gasteiger charge is -2.29. The molecule has 0 radical (unpaired) electrons. The van der Waals surface area contributed by atoms with Crippen molar-refractivity contribution in [2.75, 3.05) is 7.11 Å². The first-order valence-electron chi connectivity index (χ1n) is 11.9. The topological polar surface area (TPSA) is 63.6 Å². The first-order chi connectivity index (χ1) is 17.5. The van der Waals surface area contributed by atoms with Gasteiger partial charge in [-0.1, -0.05) is 91.0 Å². The van der Waals surface area contributed by atoms with E-state index >= 15 is 4.57 Å². The Morgan fingerprint density at radius 2 is 1.19 bits per heavy atom. The second-order valence-corrected chi connectivity index (χ2v) is 11.7. The van der Waals surface area contributed by atoms with E-state index in [9.17, 15) is 9.90 Å². The number of Topliss-reactive ketones (excluding diaryl/α,β-unsaturated/α-hetero) is 1. The predicted molar refractivity (Wildman–Crippen MR) is 145 cm³/mol. The molecule has 36 heavy (non-hydrogen) atoms. The summed E-state index contributed by atoms with van der Waals surface area (Å²) >= 11 is 0. The van der Waals surface area contributed by atoms with Gasteiger partial charge in [0.25, 0.3) is 0 Å². The minimum Gasteiger partial charge on any atom is -0.497 e. The van der Waals surface area contributed by atoms with Gasteiger partial charge in [-0.15, -0.1) is 0 Å². The fourth-order valence-electron chi connectivity index (χ4n) is 4.59. The van der Waals surface area contributed by atoms with Crippen LogP contribution in [0.5, 0.6) is 5.75 Å². The van der Waals surface area contributed by atoms with E-state index < -0.39 is 12.7 Å². The second kappa shape index (κ2) is 9.73. The van der Waals surface area contributed by atoms with Crippen LogP contribution in [0.15, 0.2) is 121 Å². The first-order valence-corrected chi connectivity index (χ1v) is 13.6. The molecule has 4 aromatic carbocycles. The molecule has 4 aromatic rings. The van der Waals surface area contributed by atoms with Crippen LogP contribution in [0.2, 0.25) is 0 Å². The first kappa shape index (κ1) is 24.0. The minimum absolute atomic E-state index is 0.262. The van der Waals surface area contributed by atoms with Crippen molar-refractivity contribution >= 4 is 29.1 Å². The largest absolute Gasteiger partial charge is 0.497 e. The zero-order valence-corrected chi connectivity index (χ0v) is 20.9. The maximum Gasteiger partial charge on any atom is 0.194 e.